The van der Waals surface area contributed by atoms with Gasteiger partial charge in [0.1, 0.15) is 17.1 Å². The minimum atomic E-state index is -1.23. The Morgan fingerprint density at radius 2 is 1.82 bits per heavy atom. The molecule has 2 amide bonds. The number of carbonyl (C=O) groups is 4. The van der Waals surface area contributed by atoms with Crippen molar-refractivity contribution in [3.8, 4) is 5.75 Å². The molecule has 0 aliphatic carbocycles. The fraction of sp³-hybridized carbons (Fsp3) is 0.333. The maximum atomic E-state index is 12.8. The summed E-state index contributed by atoms with van der Waals surface area (Å²) in [6.45, 7) is 1.48. The van der Waals surface area contributed by atoms with Crippen LogP contribution in [0.4, 0.5) is 0 Å². The van der Waals surface area contributed by atoms with Crippen molar-refractivity contribution in [2.24, 2.45) is 0 Å². The molecule has 0 saturated carbocycles. The SMILES string of the molecule is CCCCC(=O)C[C@H]1Cc2cccc(C(=O)OCN3C(=O)c4ccccc4C3=O)c2OB1O. The number of imide groups is 1. The molecule has 2 aromatic carbocycles. The van der Waals surface area contributed by atoms with Gasteiger partial charge in [-0.15, -0.1) is 0 Å². The van der Waals surface area contributed by atoms with E-state index in [9.17, 15) is 24.2 Å². The van der Waals surface area contributed by atoms with E-state index < -0.39 is 37.5 Å². The molecule has 170 valence electrons. The Balaban J connectivity index is 1.43. The van der Waals surface area contributed by atoms with Crippen LogP contribution in [-0.2, 0) is 16.0 Å². The fourth-order valence-corrected chi connectivity index (χ4v) is 4.14. The Morgan fingerprint density at radius 1 is 1.12 bits per heavy atom. The predicted octanol–water partition coefficient (Wildman–Crippen LogP) is 3.03. The summed E-state index contributed by atoms with van der Waals surface area (Å²) >= 11 is 0. The molecule has 8 nitrogen and oxygen atoms in total. The number of esters is 1. The van der Waals surface area contributed by atoms with Gasteiger partial charge in [0.05, 0.1) is 11.1 Å². The molecule has 1 atom stereocenters. The number of fused-ring (bicyclic) bond motifs is 2. The molecule has 0 radical (unpaired) electrons. The Kier molecular flexibility index (Phi) is 6.60. The van der Waals surface area contributed by atoms with Crippen molar-refractivity contribution >= 4 is 30.7 Å². The van der Waals surface area contributed by atoms with Gasteiger partial charge in [0, 0.05) is 18.7 Å². The van der Waals surface area contributed by atoms with Crippen LogP contribution in [0.15, 0.2) is 42.5 Å². The summed E-state index contributed by atoms with van der Waals surface area (Å²) in [5, 5.41) is 10.4. The quantitative estimate of drug-likeness (QED) is 0.375. The number of amides is 2. The molecule has 0 fully saturated rings. The first-order chi connectivity index (χ1) is 15.9. The second kappa shape index (κ2) is 9.58. The maximum absolute atomic E-state index is 12.8. The number of ether oxygens (including phenoxy) is 1. The minimum Gasteiger partial charge on any atom is -0.535 e. The van der Waals surface area contributed by atoms with Gasteiger partial charge in [0.2, 0.25) is 0 Å². The summed E-state index contributed by atoms with van der Waals surface area (Å²) in [5.74, 6) is -1.97. The van der Waals surface area contributed by atoms with E-state index in [1.165, 1.54) is 6.07 Å². The highest BCUT2D eigenvalue weighted by atomic mass is 16.6. The standard InChI is InChI=1S/C24H24BNO7/c1-2-3-8-17(27)13-16-12-15-7-6-11-20(21(15)33-25(16)31)24(30)32-14-26-22(28)18-9-4-5-10-19(18)23(26)29/h4-7,9-11,16,31H,2-3,8,12-14H2,1H3/t16-/m1/s1. The van der Waals surface area contributed by atoms with Gasteiger partial charge < -0.3 is 14.4 Å². The smallest absolute Gasteiger partial charge is 0.526 e. The Labute approximate surface area is 191 Å². The van der Waals surface area contributed by atoms with Crippen LogP contribution in [0.25, 0.3) is 0 Å². The first-order valence-corrected chi connectivity index (χ1v) is 11.0. The van der Waals surface area contributed by atoms with Crippen molar-refractivity contribution in [1.82, 2.24) is 4.90 Å². The second-order valence-corrected chi connectivity index (χ2v) is 8.26. The molecule has 0 bridgehead atoms. The molecular formula is C24H24BNO7. The van der Waals surface area contributed by atoms with Crippen LogP contribution in [0.2, 0.25) is 5.82 Å². The average molecular weight is 449 g/mol. The van der Waals surface area contributed by atoms with Crippen molar-refractivity contribution in [3.63, 3.8) is 0 Å². The lowest BCUT2D eigenvalue weighted by atomic mass is 9.64. The molecule has 9 heteroatoms. The van der Waals surface area contributed by atoms with E-state index in [1.54, 1.807) is 36.4 Å². The van der Waals surface area contributed by atoms with E-state index in [4.69, 9.17) is 9.39 Å². The highest BCUT2D eigenvalue weighted by molar-refractivity contribution is 6.47. The van der Waals surface area contributed by atoms with Crippen LogP contribution >= 0.6 is 0 Å². The molecule has 1 N–H and O–H groups in total. The summed E-state index contributed by atoms with van der Waals surface area (Å²) in [5.41, 5.74) is 1.30. The first-order valence-electron chi connectivity index (χ1n) is 11.0. The van der Waals surface area contributed by atoms with Crippen LogP contribution in [0.5, 0.6) is 5.75 Å². The van der Waals surface area contributed by atoms with Crippen molar-refractivity contribution in [2.45, 2.75) is 44.8 Å². The molecule has 0 aromatic heterocycles. The van der Waals surface area contributed by atoms with E-state index in [-0.39, 0.29) is 34.6 Å². The number of Topliss-reactive ketones (excluding diaryl/α,β-unsaturated/α-hetero) is 1. The van der Waals surface area contributed by atoms with E-state index in [1.807, 2.05) is 6.92 Å². The third kappa shape index (κ3) is 4.54. The molecule has 0 spiro atoms. The van der Waals surface area contributed by atoms with Gasteiger partial charge in [0.25, 0.3) is 11.8 Å². The third-order valence-corrected chi connectivity index (χ3v) is 5.94. The van der Waals surface area contributed by atoms with Crippen LogP contribution in [0, 0.1) is 0 Å². The number of hydrogen-bond acceptors (Lipinski definition) is 7. The number of hydrogen-bond donors (Lipinski definition) is 1. The number of nitrogens with zero attached hydrogens (tertiary/aromatic N) is 1. The van der Waals surface area contributed by atoms with Gasteiger partial charge in [-0.25, -0.2) is 9.69 Å². The zero-order valence-electron chi connectivity index (χ0n) is 18.3. The fourth-order valence-electron chi connectivity index (χ4n) is 4.14. The largest absolute Gasteiger partial charge is 0.535 e. The van der Waals surface area contributed by atoms with Gasteiger partial charge in [-0.3, -0.25) is 14.4 Å². The zero-order chi connectivity index (χ0) is 23.5. The van der Waals surface area contributed by atoms with Gasteiger partial charge in [-0.1, -0.05) is 37.6 Å². The summed E-state index contributed by atoms with van der Waals surface area (Å²) in [6.07, 6.45) is 2.78. The Morgan fingerprint density at radius 3 is 2.48 bits per heavy atom. The molecule has 33 heavy (non-hydrogen) atoms. The molecule has 0 saturated heterocycles. The van der Waals surface area contributed by atoms with Crippen LogP contribution < -0.4 is 4.65 Å². The molecule has 2 heterocycles. The normalized spacial score (nSPS) is 16.8. The predicted molar refractivity (Wildman–Crippen MR) is 119 cm³/mol. The molecule has 0 unspecified atom stereocenters. The summed E-state index contributed by atoms with van der Waals surface area (Å²) in [4.78, 5) is 50.7. The number of carbonyl (C=O) groups excluding carboxylic acids is 4. The lowest BCUT2D eigenvalue weighted by molar-refractivity contribution is -0.119. The van der Waals surface area contributed by atoms with Crippen LogP contribution in [0.3, 0.4) is 0 Å². The lowest BCUT2D eigenvalue weighted by Gasteiger charge is -2.28. The molecule has 2 aliphatic rings. The third-order valence-electron chi connectivity index (χ3n) is 5.94. The Hall–Kier alpha value is -3.46. The number of unbranched alkanes of at least 4 members (excludes halogenated alkanes) is 1. The molecule has 2 aliphatic heterocycles. The van der Waals surface area contributed by atoms with Crippen LogP contribution in [-0.4, -0.2) is 47.3 Å². The van der Waals surface area contributed by atoms with Crippen molar-refractivity contribution in [3.05, 3.63) is 64.7 Å². The first kappa shape index (κ1) is 22.7. The van der Waals surface area contributed by atoms with Crippen molar-refractivity contribution in [2.75, 3.05) is 6.73 Å². The minimum absolute atomic E-state index is 0.0736. The number of para-hydroxylation sites is 1. The Bertz CT molecular complexity index is 1080. The number of benzene rings is 2. The van der Waals surface area contributed by atoms with Gasteiger partial charge in [-0.2, -0.15) is 0 Å². The topological polar surface area (TPSA) is 110 Å². The summed E-state index contributed by atoms with van der Waals surface area (Å²) in [6, 6.07) is 11.3. The van der Waals surface area contributed by atoms with E-state index in [0.29, 0.717) is 18.4 Å². The van der Waals surface area contributed by atoms with E-state index in [2.05, 4.69) is 0 Å². The lowest BCUT2D eigenvalue weighted by Crippen LogP contribution is -2.36. The second-order valence-electron chi connectivity index (χ2n) is 8.26. The van der Waals surface area contributed by atoms with E-state index in [0.717, 1.165) is 17.7 Å². The number of ketones is 1. The molecule has 4 rings (SSSR count). The summed E-state index contributed by atoms with van der Waals surface area (Å²) in [7, 11) is -1.23. The zero-order valence-corrected chi connectivity index (χ0v) is 18.3. The van der Waals surface area contributed by atoms with E-state index >= 15 is 0 Å². The number of rotatable bonds is 8. The monoisotopic (exact) mass is 449 g/mol. The average Bonchev–Trinajstić information content (AvgIpc) is 3.06. The van der Waals surface area contributed by atoms with Gasteiger partial charge in [-0.05, 0) is 36.6 Å². The maximum Gasteiger partial charge on any atom is 0.526 e. The molecule has 2 aromatic rings. The summed E-state index contributed by atoms with van der Waals surface area (Å²) < 4.78 is 10.9. The highest BCUT2D eigenvalue weighted by Gasteiger charge is 2.39. The van der Waals surface area contributed by atoms with Gasteiger partial charge in [0.15, 0.2) is 6.73 Å². The molecular weight excluding hydrogens is 425 g/mol. The van der Waals surface area contributed by atoms with Crippen molar-refractivity contribution in [1.29, 1.82) is 0 Å². The van der Waals surface area contributed by atoms with Crippen molar-refractivity contribution < 1.29 is 33.6 Å². The van der Waals surface area contributed by atoms with Gasteiger partial charge >= 0.3 is 13.1 Å². The highest BCUT2D eigenvalue weighted by Crippen LogP contribution is 2.37. The van der Waals surface area contributed by atoms with Crippen LogP contribution in [0.1, 0.15) is 69.2 Å².